The van der Waals surface area contributed by atoms with E-state index in [4.69, 9.17) is 5.11 Å². The Morgan fingerprint density at radius 3 is 2.63 bits per heavy atom. The van der Waals surface area contributed by atoms with Crippen LogP contribution in [0.3, 0.4) is 0 Å². The van der Waals surface area contributed by atoms with Gasteiger partial charge in [-0.15, -0.1) is 0 Å². The van der Waals surface area contributed by atoms with E-state index in [1.54, 1.807) is 23.1 Å². The van der Waals surface area contributed by atoms with Crippen LogP contribution in [0.4, 0.5) is 5.69 Å². The first-order chi connectivity index (χ1) is 9.15. The number of carboxylic acid groups (broad SMARTS) is 1. The maximum atomic E-state index is 11.9. The van der Waals surface area contributed by atoms with E-state index in [1.165, 1.54) is 12.8 Å². The van der Waals surface area contributed by atoms with Gasteiger partial charge in [0, 0.05) is 12.2 Å². The summed E-state index contributed by atoms with van der Waals surface area (Å²) in [5, 5.41) is 8.90. The van der Waals surface area contributed by atoms with Gasteiger partial charge < -0.3 is 10.0 Å². The summed E-state index contributed by atoms with van der Waals surface area (Å²) in [5.41, 5.74) is 1.99. The minimum Gasteiger partial charge on any atom is -0.478 e. The lowest BCUT2D eigenvalue weighted by molar-refractivity contribution is -0.117. The Morgan fingerprint density at radius 1 is 1.37 bits per heavy atom. The molecule has 102 valence electrons. The minimum absolute atomic E-state index is 0.0921. The molecule has 4 heteroatoms. The molecule has 1 saturated carbocycles. The summed E-state index contributed by atoms with van der Waals surface area (Å²) in [6.07, 6.45) is 2.74. The summed E-state index contributed by atoms with van der Waals surface area (Å²) in [6, 6.07) is 4.94. The highest BCUT2D eigenvalue weighted by molar-refractivity contribution is 6.02. The van der Waals surface area contributed by atoms with Crippen molar-refractivity contribution < 1.29 is 14.7 Å². The van der Waals surface area contributed by atoms with Gasteiger partial charge in [0.05, 0.1) is 12.0 Å². The number of carboxylic acids is 1. The van der Waals surface area contributed by atoms with Crippen molar-refractivity contribution in [2.75, 3.05) is 11.4 Å². The fourth-order valence-electron chi connectivity index (χ4n) is 2.27. The predicted molar refractivity (Wildman–Crippen MR) is 73.5 cm³/mol. The number of benzene rings is 1. The molecule has 0 spiro atoms. The topological polar surface area (TPSA) is 57.6 Å². The number of anilines is 1. The molecule has 2 aliphatic rings. The van der Waals surface area contributed by atoms with Gasteiger partial charge in [0.2, 0.25) is 5.91 Å². The molecule has 0 radical (unpaired) electrons. The van der Waals surface area contributed by atoms with E-state index in [9.17, 15) is 9.59 Å². The molecule has 4 nitrogen and oxygen atoms in total. The number of aromatic carboxylic acids is 1. The summed E-state index contributed by atoms with van der Waals surface area (Å²) >= 11 is 0. The quantitative estimate of drug-likeness (QED) is 0.910. The molecule has 19 heavy (non-hydrogen) atoms. The van der Waals surface area contributed by atoms with Crippen molar-refractivity contribution in [1.29, 1.82) is 0 Å². The number of amides is 1. The van der Waals surface area contributed by atoms with Gasteiger partial charge in [-0.3, -0.25) is 4.79 Å². The molecule has 1 fully saturated rings. The van der Waals surface area contributed by atoms with Gasteiger partial charge >= 0.3 is 5.97 Å². The van der Waals surface area contributed by atoms with Crippen LogP contribution in [-0.4, -0.2) is 23.5 Å². The largest absolute Gasteiger partial charge is 0.478 e. The number of nitrogens with zero attached hydrogens (tertiary/aromatic N) is 1. The van der Waals surface area contributed by atoms with Crippen LogP contribution >= 0.6 is 0 Å². The first kappa shape index (κ1) is 13.6. The monoisotopic (exact) mass is 261 g/mol. The zero-order chi connectivity index (χ0) is 14.0. The summed E-state index contributed by atoms with van der Waals surface area (Å²) < 4.78 is 0. The molecule has 0 bridgehead atoms. The Balaban J connectivity index is 0.000000637. The number of rotatable bonds is 3. The lowest BCUT2D eigenvalue weighted by Gasteiger charge is -2.16. The van der Waals surface area contributed by atoms with Crippen molar-refractivity contribution >= 4 is 17.6 Å². The zero-order valence-corrected chi connectivity index (χ0v) is 11.3. The van der Waals surface area contributed by atoms with E-state index in [2.05, 4.69) is 0 Å². The molecular weight excluding hydrogens is 242 g/mol. The van der Waals surface area contributed by atoms with Crippen molar-refractivity contribution in [1.82, 2.24) is 0 Å². The van der Waals surface area contributed by atoms with Crippen LogP contribution in [0.1, 0.15) is 42.6 Å². The van der Waals surface area contributed by atoms with Gasteiger partial charge in [-0.05, 0) is 42.5 Å². The second kappa shape index (κ2) is 5.43. The number of hydrogen-bond donors (Lipinski definition) is 1. The third-order valence-electron chi connectivity index (χ3n) is 3.40. The average Bonchev–Trinajstić information content (AvgIpc) is 3.17. The zero-order valence-electron chi connectivity index (χ0n) is 11.3. The standard InChI is InChI=1S/C13H13NO3.C2H6/c15-12-6-10-5-9(13(16)17)3-4-11(10)14(12)7-8-1-2-8;1-2/h3-5,8H,1-2,6-7H2,(H,16,17);1-2H3. The van der Waals surface area contributed by atoms with Crippen LogP contribution in [0, 0.1) is 5.92 Å². The molecule has 1 aliphatic carbocycles. The summed E-state index contributed by atoms with van der Waals surface area (Å²) in [5.74, 6) is -0.209. The van der Waals surface area contributed by atoms with Gasteiger partial charge in [-0.2, -0.15) is 0 Å². The lowest BCUT2D eigenvalue weighted by atomic mass is 10.1. The Labute approximate surface area is 113 Å². The molecule has 1 heterocycles. The highest BCUT2D eigenvalue weighted by Gasteiger charge is 2.33. The van der Waals surface area contributed by atoms with Crippen molar-refractivity contribution in [2.24, 2.45) is 5.92 Å². The fourth-order valence-corrected chi connectivity index (χ4v) is 2.27. The van der Waals surface area contributed by atoms with E-state index < -0.39 is 5.97 Å². The van der Waals surface area contributed by atoms with Gasteiger partial charge in [0.25, 0.3) is 0 Å². The van der Waals surface area contributed by atoms with Crippen LogP contribution in [0.25, 0.3) is 0 Å². The van der Waals surface area contributed by atoms with E-state index in [-0.39, 0.29) is 11.5 Å². The first-order valence-corrected chi connectivity index (χ1v) is 6.82. The van der Waals surface area contributed by atoms with E-state index in [1.807, 2.05) is 13.8 Å². The predicted octanol–water partition coefficient (Wildman–Crippen LogP) is 2.71. The maximum absolute atomic E-state index is 11.9. The first-order valence-electron chi connectivity index (χ1n) is 6.82. The Kier molecular flexibility index (Phi) is 3.88. The minimum atomic E-state index is -0.944. The van der Waals surface area contributed by atoms with Crippen molar-refractivity contribution in [3.05, 3.63) is 29.3 Å². The smallest absolute Gasteiger partial charge is 0.335 e. The molecule has 1 aromatic rings. The number of hydrogen-bond acceptors (Lipinski definition) is 2. The summed E-state index contributed by atoms with van der Waals surface area (Å²) in [7, 11) is 0. The van der Waals surface area contributed by atoms with Crippen LogP contribution in [-0.2, 0) is 11.2 Å². The number of fused-ring (bicyclic) bond motifs is 1. The van der Waals surface area contributed by atoms with Gasteiger partial charge in [0.1, 0.15) is 0 Å². The van der Waals surface area contributed by atoms with Gasteiger partial charge in [0.15, 0.2) is 0 Å². The summed E-state index contributed by atoms with van der Waals surface area (Å²) in [4.78, 5) is 24.5. The van der Waals surface area contributed by atoms with Crippen LogP contribution in [0.5, 0.6) is 0 Å². The number of carbonyl (C=O) groups is 2. The third-order valence-corrected chi connectivity index (χ3v) is 3.40. The summed E-state index contributed by atoms with van der Waals surface area (Å²) in [6.45, 7) is 4.79. The maximum Gasteiger partial charge on any atom is 0.335 e. The molecule has 0 saturated heterocycles. The Hall–Kier alpha value is -1.84. The highest BCUT2D eigenvalue weighted by atomic mass is 16.4. The molecule has 0 atom stereocenters. The number of carbonyl (C=O) groups excluding carboxylic acids is 1. The Morgan fingerprint density at radius 2 is 2.05 bits per heavy atom. The molecule has 1 aromatic carbocycles. The molecular formula is C15H19NO3. The SMILES string of the molecule is CC.O=C(O)c1ccc2c(c1)CC(=O)N2CC1CC1. The van der Waals surface area contributed by atoms with Gasteiger partial charge in [-0.1, -0.05) is 13.8 Å². The second-order valence-electron chi connectivity index (χ2n) is 4.77. The van der Waals surface area contributed by atoms with Crippen LogP contribution in [0.2, 0.25) is 0 Å². The van der Waals surface area contributed by atoms with Crippen molar-refractivity contribution in [3.8, 4) is 0 Å². The molecule has 0 aromatic heterocycles. The molecule has 1 N–H and O–H groups in total. The van der Waals surface area contributed by atoms with Crippen molar-refractivity contribution in [2.45, 2.75) is 33.1 Å². The lowest BCUT2D eigenvalue weighted by Crippen LogP contribution is -2.28. The highest BCUT2D eigenvalue weighted by Crippen LogP contribution is 2.36. The molecule has 1 aliphatic heterocycles. The fraction of sp³-hybridized carbons (Fsp3) is 0.467. The van der Waals surface area contributed by atoms with E-state index in [0.717, 1.165) is 17.8 Å². The van der Waals surface area contributed by atoms with Crippen LogP contribution < -0.4 is 4.90 Å². The third kappa shape index (κ3) is 2.78. The van der Waals surface area contributed by atoms with Crippen molar-refractivity contribution in [3.63, 3.8) is 0 Å². The van der Waals surface area contributed by atoms with Gasteiger partial charge in [-0.25, -0.2) is 4.79 Å². The molecule has 0 unspecified atom stereocenters. The second-order valence-corrected chi connectivity index (χ2v) is 4.77. The molecule has 3 rings (SSSR count). The van der Waals surface area contributed by atoms with E-state index in [0.29, 0.717) is 12.3 Å². The normalized spacial score (nSPS) is 16.7. The Bertz CT molecular complexity index is 506. The van der Waals surface area contributed by atoms with Crippen LogP contribution in [0.15, 0.2) is 18.2 Å². The van der Waals surface area contributed by atoms with E-state index >= 15 is 0 Å². The molecule has 1 amide bonds. The average molecular weight is 261 g/mol.